The van der Waals surface area contributed by atoms with Crippen LogP contribution in [-0.4, -0.2) is 13.2 Å². The van der Waals surface area contributed by atoms with E-state index >= 15 is 0 Å². The molecule has 4 heteroatoms. The second kappa shape index (κ2) is 1.88. The second-order valence-corrected chi connectivity index (χ2v) is 2.27. The summed E-state index contributed by atoms with van der Waals surface area (Å²) in [6.45, 7) is 0. The fourth-order valence-electron chi connectivity index (χ4n) is 0. The Kier molecular flexibility index (Phi) is 2.16. The van der Waals surface area contributed by atoms with Crippen molar-refractivity contribution in [3.05, 3.63) is 0 Å². The van der Waals surface area contributed by atoms with Gasteiger partial charge in [0, 0.05) is 0 Å². The fourth-order valence-corrected chi connectivity index (χ4v) is 0. The van der Waals surface area contributed by atoms with Gasteiger partial charge in [0.25, 0.3) is 0 Å². The first kappa shape index (κ1) is 4.60. The van der Waals surface area contributed by atoms with Crippen LogP contribution in [0.25, 0.3) is 0 Å². The maximum absolute atomic E-state index is 10.3. The van der Waals surface area contributed by atoms with Gasteiger partial charge < -0.3 is 0 Å². The fraction of sp³-hybridized carbons (Fsp3) is 0. The quantitative estimate of drug-likeness (QED) is 0.465. The molecule has 0 nitrogen and oxygen atoms in total. The molecule has 0 bridgehead atoms. The van der Waals surface area contributed by atoms with Crippen LogP contribution in [0.5, 0.6) is 0 Å². The molecule has 0 radical (unpaired) electrons. The minimum atomic E-state index is -3.46. The van der Waals surface area contributed by atoms with Gasteiger partial charge >= 0.3 is 30.8 Å². The van der Waals surface area contributed by atoms with Gasteiger partial charge in [0.05, 0.1) is 0 Å². The van der Waals surface area contributed by atoms with Crippen molar-refractivity contribution in [2.24, 2.45) is 0 Å². The average Bonchev–Trinajstić information content (AvgIpc) is 0.811. The van der Waals surface area contributed by atoms with E-state index < -0.39 is 13.2 Å². The average molecular weight is 149 g/mol. The van der Waals surface area contributed by atoms with Gasteiger partial charge in [0.15, 0.2) is 0 Å². The van der Waals surface area contributed by atoms with E-state index in [2.05, 4.69) is 10.6 Å². The first-order chi connectivity index (χ1) is 1.73. The molecule has 0 aliphatic carbocycles. The van der Waals surface area contributed by atoms with Crippen LogP contribution in [0.15, 0.2) is 0 Å². The number of halogens is 2. The van der Waals surface area contributed by atoms with Gasteiger partial charge in [-0.1, -0.05) is 0 Å². The topological polar surface area (TPSA) is 0 Å². The number of rotatable bonds is 0. The first-order valence-electron chi connectivity index (χ1n) is 0.475. The van der Waals surface area contributed by atoms with Gasteiger partial charge in [-0.25, -0.2) is 0 Å². The van der Waals surface area contributed by atoms with E-state index in [9.17, 15) is 7.10 Å². The van der Waals surface area contributed by atoms with E-state index in [1.165, 1.54) is 0 Å². The number of hydrogen-bond donors (Lipinski definition) is 0. The van der Waals surface area contributed by atoms with E-state index in [1.54, 1.807) is 0 Å². The summed E-state index contributed by atoms with van der Waals surface area (Å²) in [5.74, 6) is 0. The van der Waals surface area contributed by atoms with E-state index in [0.29, 0.717) is 0 Å². The summed E-state index contributed by atoms with van der Waals surface area (Å²) in [6, 6.07) is 0. The van der Waals surface area contributed by atoms with Crippen molar-refractivity contribution >= 4 is 23.7 Å². The molecule has 0 N–H and O–H groups in total. The van der Waals surface area contributed by atoms with Crippen LogP contribution in [0.1, 0.15) is 0 Å². The summed E-state index contributed by atoms with van der Waals surface area (Å²) in [5, 5.41) is 0. The van der Waals surface area contributed by atoms with Gasteiger partial charge in [0.1, 0.15) is 0 Å². The van der Waals surface area contributed by atoms with Crippen LogP contribution in [-0.2, 0) is 0 Å². The van der Waals surface area contributed by atoms with Crippen molar-refractivity contribution in [1.29, 1.82) is 0 Å². The summed E-state index contributed by atoms with van der Waals surface area (Å²) >= 11 is -3.46. The molecule has 0 saturated heterocycles. The van der Waals surface area contributed by atoms with Crippen molar-refractivity contribution in [2.45, 2.75) is 0 Å². The molecule has 0 spiro atoms. The zero-order chi connectivity index (χ0) is 3.58. The van der Waals surface area contributed by atoms with Crippen molar-refractivity contribution in [1.82, 2.24) is 0 Å². The van der Waals surface area contributed by atoms with Crippen molar-refractivity contribution in [3.8, 4) is 0 Å². The Morgan fingerprint density at radius 1 is 1.50 bits per heavy atom. The Bertz CT molecular complexity index is 29.0. The zero-order valence-electron chi connectivity index (χ0n) is 1.57. The molecular formula is F2SSe. The SMILES string of the molecule is F[Se](F)=S. The van der Waals surface area contributed by atoms with Gasteiger partial charge in [0.2, 0.25) is 0 Å². The molecule has 0 atom stereocenters. The van der Waals surface area contributed by atoms with Gasteiger partial charge in [-0.15, -0.1) is 0 Å². The third kappa shape index (κ3) is 18.5. The number of hydrogen-bond acceptors (Lipinski definition) is 1. The molecule has 0 aromatic carbocycles. The molecule has 0 saturated carbocycles. The maximum atomic E-state index is 10.3. The van der Waals surface area contributed by atoms with E-state index in [4.69, 9.17) is 0 Å². The van der Waals surface area contributed by atoms with Crippen LogP contribution in [0.3, 0.4) is 0 Å². The Morgan fingerprint density at radius 2 is 1.50 bits per heavy atom. The normalized spacial score (nSPS) is 8.75. The molecule has 0 aromatic rings. The molecule has 0 amide bonds. The van der Waals surface area contributed by atoms with Crippen LogP contribution in [0.4, 0.5) is 7.10 Å². The van der Waals surface area contributed by atoms with Gasteiger partial charge in [-0.3, -0.25) is 0 Å². The summed E-state index contributed by atoms with van der Waals surface area (Å²) in [4.78, 5) is 0. The minimum absolute atomic E-state index is 3.41. The Hall–Kier alpha value is 0.599. The second-order valence-electron chi connectivity index (χ2n) is 0.184. The Labute approximate surface area is 31.5 Å². The van der Waals surface area contributed by atoms with Crippen molar-refractivity contribution in [3.63, 3.8) is 0 Å². The molecule has 0 aromatic heterocycles. The molecule has 0 aliphatic rings. The van der Waals surface area contributed by atoms with Gasteiger partial charge in [-0.2, -0.15) is 0 Å². The summed E-state index contributed by atoms with van der Waals surface area (Å²) in [5.41, 5.74) is 0. The summed E-state index contributed by atoms with van der Waals surface area (Å²) < 4.78 is 20.5. The molecule has 0 rings (SSSR count). The van der Waals surface area contributed by atoms with Crippen molar-refractivity contribution < 1.29 is 7.10 Å². The molecule has 4 heavy (non-hydrogen) atoms. The third-order valence-electron chi connectivity index (χ3n) is 0. The van der Waals surface area contributed by atoms with Crippen LogP contribution in [0.2, 0.25) is 0 Å². The van der Waals surface area contributed by atoms with E-state index in [1.807, 2.05) is 0 Å². The Morgan fingerprint density at radius 3 is 1.50 bits per heavy atom. The Balaban J connectivity index is 2.80. The van der Waals surface area contributed by atoms with Gasteiger partial charge in [-0.05, 0) is 0 Å². The molecule has 0 unspecified atom stereocenters. The van der Waals surface area contributed by atoms with Crippen LogP contribution in [0, 0.1) is 0 Å². The molecule has 0 heterocycles. The standard InChI is InChI=1S/F2SSe/c1-4(2)3. The molecule has 0 fully saturated rings. The van der Waals surface area contributed by atoms with Crippen LogP contribution >= 0.6 is 10.6 Å². The summed E-state index contributed by atoms with van der Waals surface area (Å²) in [6.07, 6.45) is 0. The molecule has 26 valence electrons. The molecular weight excluding hydrogens is 149 g/mol. The predicted molar refractivity (Wildman–Crippen MR) is 15.6 cm³/mol. The first-order valence-corrected chi connectivity index (χ1v) is 4.20. The van der Waals surface area contributed by atoms with Crippen molar-refractivity contribution in [2.75, 3.05) is 0 Å². The molecule has 0 aliphatic heterocycles. The van der Waals surface area contributed by atoms with E-state index in [0.717, 1.165) is 0 Å². The predicted octanol–water partition coefficient (Wildman–Crippen LogP) is 1.11. The van der Waals surface area contributed by atoms with E-state index in [-0.39, 0.29) is 0 Å². The summed E-state index contributed by atoms with van der Waals surface area (Å²) in [7, 11) is 3.41. The van der Waals surface area contributed by atoms with Crippen LogP contribution < -0.4 is 0 Å². The third-order valence-corrected chi connectivity index (χ3v) is 0. The zero-order valence-corrected chi connectivity index (χ0v) is 4.10. The monoisotopic (exact) mass is 150 g/mol.